The minimum absolute atomic E-state index is 0.0424. The summed E-state index contributed by atoms with van der Waals surface area (Å²) in [7, 11) is 1.49. The molecule has 1 amide bonds. The van der Waals surface area contributed by atoms with Gasteiger partial charge in [-0.15, -0.1) is 11.3 Å². The fraction of sp³-hybridized carbons (Fsp3) is 0.250. The standard InChI is InChI=1S/C16H18N2O3S/c1-10-15(22-11(2)18-10)9-17-16(20)7-5-12-4-6-14(21-3)13(19)8-12/h4-8,19H,9H2,1-3H3,(H,17,20). The monoisotopic (exact) mass is 318 g/mol. The molecule has 5 nitrogen and oxygen atoms in total. The average Bonchev–Trinajstić information content (AvgIpc) is 2.81. The zero-order valence-corrected chi connectivity index (χ0v) is 13.5. The van der Waals surface area contributed by atoms with Gasteiger partial charge in [0.25, 0.3) is 0 Å². The molecule has 0 unspecified atom stereocenters. The van der Waals surface area contributed by atoms with Gasteiger partial charge in [-0.2, -0.15) is 0 Å². The van der Waals surface area contributed by atoms with E-state index in [1.165, 1.54) is 13.2 Å². The Kier molecular flexibility index (Phi) is 5.16. The Morgan fingerprint density at radius 2 is 2.23 bits per heavy atom. The van der Waals surface area contributed by atoms with Gasteiger partial charge in [0.15, 0.2) is 11.5 Å². The molecule has 0 fully saturated rings. The van der Waals surface area contributed by atoms with Crippen LogP contribution in [-0.4, -0.2) is 23.1 Å². The number of aromatic nitrogens is 1. The second-order valence-electron chi connectivity index (χ2n) is 4.72. The fourth-order valence-electron chi connectivity index (χ4n) is 1.95. The highest BCUT2D eigenvalue weighted by Gasteiger charge is 2.05. The van der Waals surface area contributed by atoms with Gasteiger partial charge in [-0.3, -0.25) is 4.79 Å². The molecule has 0 saturated carbocycles. The van der Waals surface area contributed by atoms with Gasteiger partial charge in [-0.1, -0.05) is 6.07 Å². The Hall–Kier alpha value is -2.34. The van der Waals surface area contributed by atoms with Crippen molar-refractivity contribution in [2.75, 3.05) is 7.11 Å². The molecule has 2 N–H and O–H groups in total. The summed E-state index contributed by atoms with van der Waals surface area (Å²) in [6.07, 6.45) is 3.07. The Labute approximate surface area is 133 Å². The van der Waals surface area contributed by atoms with Crippen molar-refractivity contribution in [1.82, 2.24) is 10.3 Å². The highest BCUT2D eigenvalue weighted by Crippen LogP contribution is 2.26. The number of carbonyl (C=O) groups excluding carboxylic acids is 1. The van der Waals surface area contributed by atoms with Crippen molar-refractivity contribution in [3.8, 4) is 11.5 Å². The molecule has 0 saturated heterocycles. The second-order valence-corrected chi connectivity index (χ2v) is 6.01. The first-order chi connectivity index (χ1) is 10.5. The lowest BCUT2D eigenvalue weighted by Gasteiger charge is -2.03. The van der Waals surface area contributed by atoms with E-state index in [1.54, 1.807) is 35.6 Å². The Bertz CT molecular complexity index is 707. The Morgan fingerprint density at radius 3 is 2.82 bits per heavy atom. The highest BCUT2D eigenvalue weighted by atomic mass is 32.1. The number of ether oxygens (including phenoxy) is 1. The fourth-order valence-corrected chi connectivity index (χ4v) is 2.82. The lowest BCUT2D eigenvalue weighted by molar-refractivity contribution is -0.116. The minimum atomic E-state index is -0.194. The van der Waals surface area contributed by atoms with Crippen LogP contribution in [0.15, 0.2) is 24.3 Å². The van der Waals surface area contributed by atoms with Crippen LogP contribution in [0.4, 0.5) is 0 Å². The van der Waals surface area contributed by atoms with Crippen LogP contribution in [0.2, 0.25) is 0 Å². The number of amides is 1. The maximum absolute atomic E-state index is 11.8. The summed E-state index contributed by atoms with van der Waals surface area (Å²) in [4.78, 5) is 17.2. The van der Waals surface area contributed by atoms with E-state index >= 15 is 0 Å². The second kappa shape index (κ2) is 7.09. The van der Waals surface area contributed by atoms with Gasteiger partial charge in [0.2, 0.25) is 5.91 Å². The molecule has 0 spiro atoms. The summed E-state index contributed by atoms with van der Waals surface area (Å²) in [6.45, 7) is 4.34. The molecule has 0 radical (unpaired) electrons. The summed E-state index contributed by atoms with van der Waals surface area (Å²) in [5.41, 5.74) is 1.67. The third-order valence-corrected chi connectivity index (χ3v) is 4.13. The molecule has 1 heterocycles. The number of nitrogens with zero attached hydrogens (tertiary/aromatic N) is 1. The summed E-state index contributed by atoms with van der Waals surface area (Å²) < 4.78 is 4.97. The number of nitrogens with one attached hydrogen (secondary N) is 1. The van der Waals surface area contributed by atoms with Crippen LogP contribution in [0.1, 0.15) is 21.1 Å². The van der Waals surface area contributed by atoms with Crippen molar-refractivity contribution in [3.05, 3.63) is 45.4 Å². The maximum atomic E-state index is 11.8. The molecule has 1 aromatic heterocycles. The molecule has 0 aliphatic carbocycles. The third kappa shape index (κ3) is 4.08. The molecule has 0 aliphatic heterocycles. The number of hydrogen-bond donors (Lipinski definition) is 2. The van der Waals surface area contributed by atoms with Crippen molar-refractivity contribution in [1.29, 1.82) is 0 Å². The SMILES string of the molecule is COc1ccc(C=CC(=O)NCc2sc(C)nc2C)cc1O. The van der Waals surface area contributed by atoms with E-state index < -0.39 is 0 Å². The quantitative estimate of drug-likeness (QED) is 0.832. The molecule has 0 aliphatic rings. The number of aromatic hydroxyl groups is 1. The molecule has 2 rings (SSSR count). The number of phenolic OH excluding ortho intramolecular Hbond substituents is 1. The predicted octanol–water partition coefficient (Wildman–Crippen LogP) is 2.80. The number of aryl methyl sites for hydroxylation is 2. The normalized spacial score (nSPS) is 10.9. The average molecular weight is 318 g/mol. The van der Waals surface area contributed by atoms with Crippen molar-refractivity contribution < 1.29 is 14.6 Å². The molecule has 1 aromatic carbocycles. The summed E-state index contributed by atoms with van der Waals surface area (Å²) in [6, 6.07) is 4.95. The van der Waals surface area contributed by atoms with Gasteiger partial charge in [0.1, 0.15) is 0 Å². The van der Waals surface area contributed by atoms with Gasteiger partial charge in [0, 0.05) is 11.0 Å². The molecular formula is C16H18N2O3S. The van der Waals surface area contributed by atoms with Gasteiger partial charge >= 0.3 is 0 Å². The number of hydrogen-bond acceptors (Lipinski definition) is 5. The van der Waals surface area contributed by atoms with Gasteiger partial charge < -0.3 is 15.2 Å². The van der Waals surface area contributed by atoms with Gasteiger partial charge in [0.05, 0.1) is 24.4 Å². The number of methoxy groups -OCH3 is 1. The van der Waals surface area contributed by atoms with E-state index in [2.05, 4.69) is 10.3 Å². The summed E-state index contributed by atoms with van der Waals surface area (Å²) >= 11 is 1.58. The minimum Gasteiger partial charge on any atom is -0.504 e. The Morgan fingerprint density at radius 1 is 1.45 bits per heavy atom. The molecule has 22 heavy (non-hydrogen) atoms. The van der Waals surface area contributed by atoms with Crippen LogP contribution in [-0.2, 0) is 11.3 Å². The van der Waals surface area contributed by atoms with Crippen molar-refractivity contribution in [3.63, 3.8) is 0 Å². The number of phenols is 1. The zero-order chi connectivity index (χ0) is 16.1. The lowest BCUT2D eigenvalue weighted by Crippen LogP contribution is -2.20. The Balaban J connectivity index is 1.94. The number of benzene rings is 1. The number of rotatable bonds is 5. The first-order valence-electron chi connectivity index (χ1n) is 6.75. The maximum Gasteiger partial charge on any atom is 0.244 e. The predicted molar refractivity (Wildman–Crippen MR) is 87.1 cm³/mol. The van der Waals surface area contributed by atoms with Crippen molar-refractivity contribution in [2.45, 2.75) is 20.4 Å². The summed E-state index contributed by atoms with van der Waals surface area (Å²) in [5, 5.41) is 13.5. The largest absolute Gasteiger partial charge is 0.504 e. The number of carbonyl (C=O) groups is 1. The molecule has 2 aromatic rings. The van der Waals surface area contributed by atoms with Crippen molar-refractivity contribution >= 4 is 23.3 Å². The van der Waals surface area contributed by atoms with E-state index in [-0.39, 0.29) is 11.7 Å². The third-order valence-electron chi connectivity index (χ3n) is 3.05. The molecule has 0 bridgehead atoms. The van der Waals surface area contributed by atoms with E-state index in [0.29, 0.717) is 12.3 Å². The lowest BCUT2D eigenvalue weighted by atomic mass is 10.2. The smallest absolute Gasteiger partial charge is 0.244 e. The highest BCUT2D eigenvalue weighted by molar-refractivity contribution is 7.11. The van der Waals surface area contributed by atoms with Crippen LogP contribution in [0.5, 0.6) is 11.5 Å². The molecular weight excluding hydrogens is 300 g/mol. The van der Waals surface area contributed by atoms with Crippen LogP contribution < -0.4 is 10.1 Å². The molecule has 116 valence electrons. The van der Waals surface area contributed by atoms with Crippen LogP contribution in [0, 0.1) is 13.8 Å². The van der Waals surface area contributed by atoms with E-state index in [4.69, 9.17) is 4.74 Å². The van der Waals surface area contributed by atoms with Crippen molar-refractivity contribution in [2.24, 2.45) is 0 Å². The van der Waals surface area contributed by atoms with Crippen LogP contribution in [0.25, 0.3) is 6.08 Å². The topological polar surface area (TPSA) is 71.5 Å². The molecule has 0 atom stereocenters. The van der Waals surface area contributed by atoms with E-state index in [0.717, 1.165) is 21.1 Å². The van der Waals surface area contributed by atoms with Crippen LogP contribution >= 0.6 is 11.3 Å². The van der Waals surface area contributed by atoms with Gasteiger partial charge in [-0.25, -0.2) is 4.98 Å². The van der Waals surface area contributed by atoms with Gasteiger partial charge in [-0.05, 0) is 37.6 Å². The molecule has 6 heteroatoms. The number of thiazole rings is 1. The van der Waals surface area contributed by atoms with Crippen LogP contribution in [0.3, 0.4) is 0 Å². The van der Waals surface area contributed by atoms with E-state index in [9.17, 15) is 9.90 Å². The summed E-state index contributed by atoms with van der Waals surface area (Å²) in [5.74, 6) is 0.249. The first-order valence-corrected chi connectivity index (χ1v) is 7.57. The first kappa shape index (κ1) is 16.0. The van der Waals surface area contributed by atoms with E-state index in [1.807, 2.05) is 13.8 Å². The zero-order valence-electron chi connectivity index (χ0n) is 12.7.